The monoisotopic (exact) mass is 291 g/mol. The van der Waals surface area contributed by atoms with E-state index in [2.05, 4.69) is 45.1 Å². The summed E-state index contributed by atoms with van der Waals surface area (Å²) in [6, 6.07) is 6.94. The lowest BCUT2D eigenvalue weighted by molar-refractivity contribution is -0.116. The average molecular weight is 291 g/mol. The summed E-state index contributed by atoms with van der Waals surface area (Å²) in [5.74, 6) is 1.69. The van der Waals surface area contributed by atoms with Gasteiger partial charge >= 0.3 is 0 Å². The quantitative estimate of drug-likeness (QED) is 0.904. The Kier molecular flexibility index (Phi) is 3.84. The molecular weight excluding hydrogens is 266 g/mol. The molecule has 1 aromatic carbocycles. The largest absolute Gasteiger partial charge is 0.454 e. The summed E-state index contributed by atoms with van der Waals surface area (Å²) in [4.78, 5) is 0. The second-order valence-electron chi connectivity index (χ2n) is 6.55. The summed E-state index contributed by atoms with van der Waals surface area (Å²) in [7, 11) is 0. The third kappa shape index (κ3) is 2.62. The Labute approximate surface area is 126 Å². The van der Waals surface area contributed by atoms with Crippen molar-refractivity contribution in [2.45, 2.75) is 52.3 Å². The highest BCUT2D eigenvalue weighted by molar-refractivity contribution is 5.45. The van der Waals surface area contributed by atoms with E-state index in [1.807, 2.05) is 6.07 Å². The lowest BCUT2D eigenvalue weighted by Gasteiger charge is -2.52. The smallest absolute Gasteiger partial charge is 0.231 e. The van der Waals surface area contributed by atoms with Gasteiger partial charge in [-0.25, -0.2) is 0 Å². The molecule has 0 amide bonds. The minimum absolute atomic E-state index is 0.181. The van der Waals surface area contributed by atoms with E-state index in [0.717, 1.165) is 24.5 Å². The molecule has 1 heterocycles. The molecule has 0 saturated heterocycles. The Morgan fingerprint density at radius 3 is 2.81 bits per heavy atom. The molecular formula is C17H25NO3. The molecule has 1 aromatic rings. The summed E-state index contributed by atoms with van der Waals surface area (Å²) in [6.07, 6.45) is 1.44. The van der Waals surface area contributed by atoms with Gasteiger partial charge in [0.15, 0.2) is 11.5 Å². The lowest BCUT2D eigenvalue weighted by atomic mass is 9.64. The van der Waals surface area contributed by atoms with E-state index in [1.54, 1.807) is 0 Å². The standard InChI is InChI=1S/C17H25NO3/c1-5-19-16-9-15(17(16,3)4)18-11(2)12-6-7-13-14(8-12)21-10-20-13/h6-8,11,15-16,18H,5,9-10H2,1-4H3. The van der Waals surface area contributed by atoms with Gasteiger partial charge in [0.1, 0.15) is 0 Å². The highest BCUT2D eigenvalue weighted by atomic mass is 16.7. The van der Waals surface area contributed by atoms with Gasteiger partial charge in [0, 0.05) is 24.1 Å². The molecule has 3 unspecified atom stereocenters. The van der Waals surface area contributed by atoms with Gasteiger partial charge in [0.2, 0.25) is 6.79 Å². The maximum Gasteiger partial charge on any atom is 0.231 e. The molecule has 3 atom stereocenters. The van der Waals surface area contributed by atoms with Crippen molar-refractivity contribution >= 4 is 0 Å². The molecule has 1 N–H and O–H groups in total. The first-order chi connectivity index (χ1) is 10.0. The van der Waals surface area contributed by atoms with Crippen LogP contribution in [-0.2, 0) is 4.74 Å². The summed E-state index contributed by atoms with van der Waals surface area (Å²) in [6.45, 7) is 9.93. The topological polar surface area (TPSA) is 39.7 Å². The molecule has 2 aliphatic rings. The second-order valence-corrected chi connectivity index (χ2v) is 6.55. The normalized spacial score (nSPS) is 27.2. The van der Waals surface area contributed by atoms with Crippen LogP contribution >= 0.6 is 0 Å². The van der Waals surface area contributed by atoms with E-state index in [1.165, 1.54) is 5.56 Å². The first-order valence-corrected chi connectivity index (χ1v) is 7.79. The van der Waals surface area contributed by atoms with E-state index in [0.29, 0.717) is 18.9 Å². The third-order valence-corrected chi connectivity index (χ3v) is 4.89. The van der Waals surface area contributed by atoms with Crippen molar-refractivity contribution in [2.75, 3.05) is 13.4 Å². The average Bonchev–Trinajstić information content (AvgIpc) is 2.93. The van der Waals surface area contributed by atoms with E-state index < -0.39 is 0 Å². The van der Waals surface area contributed by atoms with Crippen LogP contribution < -0.4 is 14.8 Å². The molecule has 4 heteroatoms. The molecule has 1 aliphatic heterocycles. The molecule has 0 aromatic heterocycles. The lowest BCUT2D eigenvalue weighted by Crippen LogP contribution is -2.61. The van der Waals surface area contributed by atoms with Crippen LogP contribution in [0.2, 0.25) is 0 Å². The van der Waals surface area contributed by atoms with E-state index in [9.17, 15) is 0 Å². The van der Waals surface area contributed by atoms with Gasteiger partial charge in [-0.2, -0.15) is 0 Å². The summed E-state index contributed by atoms with van der Waals surface area (Å²) in [5, 5.41) is 3.73. The first kappa shape index (κ1) is 14.7. The van der Waals surface area contributed by atoms with Gasteiger partial charge in [-0.05, 0) is 38.0 Å². The molecule has 1 saturated carbocycles. The molecule has 1 aliphatic carbocycles. The predicted molar refractivity (Wildman–Crippen MR) is 81.7 cm³/mol. The fraction of sp³-hybridized carbons (Fsp3) is 0.647. The number of ether oxygens (including phenoxy) is 3. The highest BCUT2D eigenvalue weighted by Gasteiger charge is 2.49. The summed E-state index contributed by atoms with van der Waals surface area (Å²) < 4.78 is 16.6. The van der Waals surface area contributed by atoms with Crippen LogP contribution in [0.3, 0.4) is 0 Å². The fourth-order valence-electron chi connectivity index (χ4n) is 3.23. The number of fused-ring (bicyclic) bond motifs is 1. The first-order valence-electron chi connectivity index (χ1n) is 7.79. The van der Waals surface area contributed by atoms with Crippen LogP contribution in [0.4, 0.5) is 0 Å². The molecule has 21 heavy (non-hydrogen) atoms. The van der Waals surface area contributed by atoms with E-state index in [4.69, 9.17) is 14.2 Å². The Hall–Kier alpha value is -1.26. The molecule has 0 spiro atoms. The minimum Gasteiger partial charge on any atom is -0.454 e. The van der Waals surface area contributed by atoms with Crippen molar-refractivity contribution in [1.29, 1.82) is 0 Å². The second kappa shape index (κ2) is 5.50. The predicted octanol–water partition coefficient (Wildman–Crippen LogP) is 3.27. The number of nitrogens with one attached hydrogen (secondary N) is 1. The maximum absolute atomic E-state index is 5.79. The van der Waals surface area contributed by atoms with Crippen LogP contribution in [0.1, 0.15) is 45.7 Å². The number of hydrogen-bond donors (Lipinski definition) is 1. The highest BCUT2D eigenvalue weighted by Crippen LogP contribution is 2.44. The molecule has 3 rings (SSSR count). The van der Waals surface area contributed by atoms with Crippen LogP contribution in [0.15, 0.2) is 18.2 Å². The van der Waals surface area contributed by atoms with Crippen molar-refractivity contribution in [3.05, 3.63) is 23.8 Å². The number of hydrogen-bond acceptors (Lipinski definition) is 4. The minimum atomic E-state index is 0.181. The Bertz CT molecular complexity index is 515. The fourth-order valence-corrected chi connectivity index (χ4v) is 3.23. The van der Waals surface area contributed by atoms with Crippen molar-refractivity contribution < 1.29 is 14.2 Å². The SMILES string of the molecule is CCOC1CC(NC(C)c2ccc3c(c2)OCO3)C1(C)C. The van der Waals surface area contributed by atoms with Crippen molar-refractivity contribution in [3.63, 3.8) is 0 Å². The van der Waals surface area contributed by atoms with Crippen LogP contribution in [0, 0.1) is 5.41 Å². The van der Waals surface area contributed by atoms with E-state index >= 15 is 0 Å². The summed E-state index contributed by atoms with van der Waals surface area (Å²) >= 11 is 0. The van der Waals surface area contributed by atoms with E-state index in [-0.39, 0.29) is 11.5 Å². The maximum atomic E-state index is 5.79. The molecule has 1 fully saturated rings. The van der Waals surface area contributed by atoms with Crippen LogP contribution in [0.25, 0.3) is 0 Å². The summed E-state index contributed by atoms with van der Waals surface area (Å²) in [5.41, 5.74) is 1.41. The van der Waals surface area contributed by atoms with Crippen molar-refractivity contribution in [3.8, 4) is 11.5 Å². The zero-order chi connectivity index (χ0) is 15.0. The molecule has 116 valence electrons. The third-order valence-electron chi connectivity index (χ3n) is 4.89. The molecule has 4 nitrogen and oxygen atoms in total. The zero-order valence-corrected chi connectivity index (χ0v) is 13.3. The van der Waals surface area contributed by atoms with Crippen LogP contribution in [0.5, 0.6) is 11.5 Å². The van der Waals surface area contributed by atoms with Crippen LogP contribution in [-0.4, -0.2) is 25.5 Å². The molecule has 0 radical (unpaired) electrons. The van der Waals surface area contributed by atoms with Gasteiger partial charge in [-0.1, -0.05) is 19.9 Å². The Morgan fingerprint density at radius 1 is 1.33 bits per heavy atom. The van der Waals surface area contributed by atoms with Gasteiger partial charge in [-0.15, -0.1) is 0 Å². The Balaban J connectivity index is 1.63. The van der Waals surface area contributed by atoms with Gasteiger partial charge < -0.3 is 19.5 Å². The van der Waals surface area contributed by atoms with Gasteiger partial charge in [-0.3, -0.25) is 0 Å². The Morgan fingerprint density at radius 2 is 2.10 bits per heavy atom. The van der Waals surface area contributed by atoms with Gasteiger partial charge in [0.25, 0.3) is 0 Å². The van der Waals surface area contributed by atoms with Crippen molar-refractivity contribution in [2.24, 2.45) is 5.41 Å². The zero-order valence-electron chi connectivity index (χ0n) is 13.3. The molecule has 0 bridgehead atoms. The van der Waals surface area contributed by atoms with Crippen molar-refractivity contribution in [1.82, 2.24) is 5.32 Å². The number of benzene rings is 1. The van der Waals surface area contributed by atoms with Gasteiger partial charge in [0.05, 0.1) is 6.10 Å². The number of rotatable bonds is 5.